The van der Waals surface area contributed by atoms with Gasteiger partial charge in [-0.2, -0.15) is 0 Å². The number of nitrogens with zero attached hydrogens (tertiary/aromatic N) is 1. The molecule has 0 bridgehead atoms. The van der Waals surface area contributed by atoms with Crippen LogP contribution in [0.3, 0.4) is 0 Å². The molecule has 1 aromatic heterocycles. The SMILES string of the molecule is Cc1ccc2nc([C@@H](C)NC(=O)CCNC(=O)c3ccccc3F)[nH]c2c1. The first-order valence-electron chi connectivity index (χ1n) is 8.72. The fourth-order valence-electron chi connectivity index (χ4n) is 2.76. The number of nitrogens with one attached hydrogen (secondary N) is 3. The minimum atomic E-state index is -0.590. The van der Waals surface area contributed by atoms with Gasteiger partial charge in [-0.1, -0.05) is 18.2 Å². The highest BCUT2D eigenvalue weighted by Crippen LogP contribution is 2.17. The third-order valence-electron chi connectivity index (χ3n) is 4.20. The van der Waals surface area contributed by atoms with Crippen LogP contribution >= 0.6 is 0 Å². The summed E-state index contributed by atoms with van der Waals surface area (Å²) < 4.78 is 13.5. The van der Waals surface area contributed by atoms with E-state index >= 15 is 0 Å². The Hall–Kier alpha value is -3.22. The number of imidazole rings is 1. The molecule has 7 heteroatoms. The highest BCUT2D eigenvalue weighted by molar-refractivity contribution is 5.94. The van der Waals surface area contributed by atoms with Crippen LogP contribution in [0.2, 0.25) is 0 Å². The van der Waals surface area contributed by atoms with Gasteiger partial charge in [0.05, 0.1) is 22.6 Å². The van der Waals surface area contributed by atoms with Crippen LogP contribution in [0.15, 0.2) is 42.5 Å². The number of hydrogen-bond donors (Lipinski definition) is 3. The number of fused-ring (bicyclic) bond motifs is 1. The molecule has 0 saturated carbocycles. The lowest BCUT2D eigenvalue weighted by Gasteiger charge is -2.12. The lowest BCUT2D eigenvalue weighted by Crippen LogP contribution is -2.32. The first-order chi connectivity index (χ1) is 12.9. The minimum Gasteiger partial charge on any atom is -0.351 e. The second-order valence-corrected chi connectivity index (χ2v) is 6.42. The Morgan fingerprint density at radius 1 is 1.22 bits per heavy atom. The summed E-state index contributed by atoms with van der Waals surface area (Å²) in [7, 11) is 0. The highest BCUT2D eigenvalue weighted by Gasteiger charge is 2.15. The van der Waals surface area contributed by atoms with E-state index in [1.54, 1.807) is 6.07 Å². The summed E-state index contributed by atoms with van der Waals surface area (Å²) in [6, 6.07) is 11.3. The van der Waals surface area contributed by atoms with Gasteiger partial charge in [-0.25, -0.2) is 9.37 Å². The van der Waals surface area contributed by atoms with Gasteiger partial charge in [0.2, 0.25) is 5.91 Å². The molecule has 3 rings (SSSR count). The van der Waals surface area contributed by atoms with Crippen molar-refractivity contribution in [3.05, 3.63) is 65.2 Å². The van der Waals surface area contributed by atoms with Crippen molar-refractivity contribution in [1.29, 1.82) is 0 Å². The number of hydrogen-bond acceptors (Lipinski definition) is 3. The number of aromatic amines is 1. The summed E-state index contributed by atoms with van der Waals surface area (Å²) in [5, 5.41) is 5.39. The molecule has 0 unspecified atom stereocenters. The molecule has 0 fully saturated rings. The number of aromatic nitrogens is 2. The topological polar surface area (TPSA) is 86.9 Å². The Bertz CT molecular complexity index is 983. The number of benzene rings is 2. The lowest BCUT2D eigenvalue weighted by molar-refractivity contribution is -0.121. The second-order valence-electron chi connectivity index (χ2n) is 6.42. The van der Waals surface area contributed by atoms with Crippen LogP contribution in [0.25, 0.3) is 11.0 Å². The van der Waals surface area contributed by atoms with E-state index in [0.717, 1.165) is 16.6 Å². The standard InChI is InChI=1S/C20H21FN4O2/c1-12-7-8-16-17(11-12)25-19(24-16)13(2)23-18(26)9-10-22-20(27)14-5-3-4-6-15(14)21/h3-8,11,13H,9-10H2,1-2H3,(H,22,27)(H,23,26)(H,24,25)/t13-/m1/s1. The molecule has 0 aliphatic carbocycles. The van der Waals surface area contributed by atoms with E-state index in [0.29, 0.717) is 5.82 Å². The molecule has 0 spiro atoms. The summed E-state index contributed by atoms with van der Waals surface area (Å²) in [5.41, 5.74) is 2.85. The maximum absolute atomic E-state index is 13.5. The third-order valence-corrected chi connectivity index (χ3v) is 4.20. The third kappa shape index (κ3) is 4.49. The summed E-state index contributed by atoms with van der Waals surface area (Å²) in [5.74, 6) is -0.692. The Balaban J connectivity index is 1.51. The predicted octanol–water partition coefficient (Wildman–Crippen LogP) is 3.01. The molecule has 1 atom stereocenters. The lowest BCUT2D eigenvalue weighted by atomic mass is 10.2. The quantitative estimate of drug-likeness (QED) is 0.625. The van der Waals surface area contributed by atoms with E-state index in [2.05, 4.69) is 20.6 Å². The van der Waals surface area contributed by atoms with Crippen LogP contribution in [0.5, 0.6) is 0 Å². The van der Waals surface area contributed by atoms with E-state index in [4.69, 9.17) is 0 Å². The number of carbonyl (C=O) groups excluding carboxylic acids is 2. The molecule has 0 saturated heterocycles. The van der Waals surface area contributed by atoms with Gasteiger partial charge in [0, 0.05) is 13.0 Å². The van der Waals surface area contributed by atoms with Gasteiger partial charge in [0.1, 0.15) is 11.6 Å². The van der Waals surface area contributed by atoms with Crippen LogP contribution in [-0.2, 0) is 4.79 Å². The van der Waals surface area contributed by atoms with Crippen molar-refractivity contribution in [2.45, 2.75) is 26.3 Å². The zero-order chi connectivity index (χ0) is 19.4. The summed E-state index contributed by atoms with van der Waals surface area (Å²) >= 11 is 0. The van der Waals surface area contributed by atoms with Gasteiger partial charge >= 0.3 is 0 Å². The monoisotopic (exact) mass is 368 g/mol. The van der Waals surface area contributed by atoms with E-state index in [-0.39, 0.29) is 30.5 Å². The average Bonchev–Trinajstić information content (AvgIpc) is 3.05. The normalized spacial score (nSPS) is 12.0. The maximum atomic E-state index is 13.5. The number of carbonyl (C=O) groups is 2. The van der Waals surface area contributed by atoms with Crippen molar-refractivity contribution < 1.29 is 14.0 Å². The number of amides is 2. The molecule has 1 heterocycles. The van der Waals surface area contributed by atoms with E-state index in [1.165, 1.54) is 18.2 Å². The number of rotatable bonds is 6. The molecule has 0 aliphatic heterocycles. The first-order valence-corrected chi connectivity index (χ1v) is 8.72. The van der Waals surface area contributed by atoms with Crippen LogP contribution in [0.1, 0.15) is 41.1 Å². The Morgan fingerprint density at radius 2 is 2.00 bits per heavy atom. The molecular formula is C20H21FN4O2. The van der Waals surface area contributed by atoms with Crippen molar-refractivity contribution in [2.24, 2.45) is 0 Å². The average molecular weight is 368 g/mol. The van der Waals surface area contributed by atoms with Crippen LogP contribution in [0.4, 0.5) is 4.39 Å². The zero-order valence-electron chi connectivity index (χ0n) is 15.2. The molecule has 0 radical (unpaired) electrons. The van der Waals surface area contributed by atoms with Crippen LogP contribution < -0.4 is 10.6 Å². The molecule has 3 N–H and O–H groups in total. The molecule has 2 amide bonds. The molecule has 6 nitrogen and oxygen atoms in total. The van der Waals surface area contributed by atoms with E-state index < -0.39 is 11.7 Å². The Labute approximate surface area is 156 Å². The highest BCUT2D eigenvalue weighted by atomic mass is 19.1. The van der Waals surface area contributed by atoms with Gasteiger partial charge in [0.15, 0.2) is 0 Å². The number of aryl methyl sites for hydroxylation is 1. The van der Waals surface area contributed by atoms with Crippen LogP contribution in [-0.4, -0.2) is 28.3 Å². The minimum absolute atomic E-state index is 0.0381. The van der Waals surface area contributed by atoms with E-state index in [9.17, 15) is 14.0 Å². The van der Waals surface area contributed by atoms with Crippen LogP contribution in [0, 0.1) is 12.7 Å². The van der Waals surface area contributed by atoms with Crippen molar-refractivity contribution >= 4 is 22.8 Å². The molecular weight excluding hydrogens is 347 g/mol. The van der Waals surface area contributed by atoms with Gasteiger partial charge in [-0.3, -0.25) is 9.59 Å². The maximum Gasteiger partial charge on any atom is 0.254 e. The van der Waals surface area contributed by atoms with Gasteiger partial charge < -0.3 is 15.6 Å². The van der Waals surface area contributed by atoms with Crippen molar-refractivity contribution in [3.8, 4) is 0 Å². The zero-order valence-corrected chi connectivity index (χ0v) is 15.2. The van der Waals surface area contributed by atoms with E-state index in [1.807, 2.05) is 32.0 Å². The van der Waals surface area contributed by atoms with Gasteiger partial charge in [-0.05, 0) is 43.7 Å². The molecule has 27 heavy (non-hydrogen) atoms. The largest absolute Gasteiger partial charge is 0.351 e. The number of H-pyrrole nitrogens is 1. The first kappa shape index (κ1) is 18.6. The smallest absolute Gasteiger partial charge is 0.254 e. The van der Waals surface area contributed by atoms with Crippen molar-refractivity contribution in [1.82, 2.24) is 20.6 Å². The fourth-order valence-corrected chi connectivity index (χ4v) is 2.76. The van der Waals surface area contributed by atoms with Crippen molar-refractivity contribution in [2.75, 3.05) is 6.54 Å². The number of halogens is 1. The molecule has 140 valence electrons. The van der Waals surface area contributed by atoms with Crippen molar-refractivity contribution in [3.63, 3.8) is 0 Å². The Morgan fingerprint density at radius 3 is 2.78 bits per heavy atom. The fraction of sp³-hybridized carbons (Fsp3) is 0.250. The van der Waals surface area contributed by atoms with Gasteiger partial charge in [-0.15, -0.1) is 0 Å². The molecule has 2 aromatic carbocycles. The summed E-state index contributed by atoms with van der Waals surface area (Å²) in [6.45, 7) is 3.95. The summed E-state index contributed by atoms with van der Waals surface area (Å²) in [4.78, 5) is 31.7. The van der Waals surface area contributed by atoms with Gasteiger partial charge in [0.25, 0.3) is 5.91 Å². The Kier molecular flexibility index (Phi) is 5.49. The molecule has 3 aromatic rings. The molecule has 0 aliphatic rings. The summed E-state index contributed by atoms with van der Waals surface area (Å²) in [6.07, 6.45) is 0.0872. The second kappa shape index (κ2) is 7.99. The predicted molar refractivity (Wildman–Crippen MR) is 101 cm³/mol.